The zero-order valence-corrected chi connectivity index (χ0v) is 11.8. The number of fused-ring (bicyclic) bond motifs is 1. The highest BCUT2D eigenvalue weighted by Crippen LogP contribution is 2.30. The lowest BCUT2D eigenvalue weighted by Gasteiger charge is -2.12. The Hall–Kier alpha value is -3.00. The third kappa shape index (κ3) is 2.07. The number of benzene rings is 2. The van der Waals surface area contributed by atoms with Gasteiger partial charge in [0.15, 0.2) is 0 Å². The normalized spacial score (nSPS) is 10.5. The standard InChI is InChI=1S/C16H14N4O/c1-10-3-5-13-12(7-10)19-16(18)20(13)14-6-4-11(9-17)8-15(14)21-2/h3-8H,1-2H3,(H2,18,19). The van der Waals surface area contributed by atoms with Crippen LogP contribution in [0, 0.1) is 18.3 Å². The Morgan fingerprint density at radius 3 is 2.76 bits per heavy atom. The molecule has 0 atom stereocenters. The van der Waals surface area contributed by atoms with Gasteiger partial charge >= 0.3 is 0 Å². The van der Waals surface area contributed by atoms with Crippen LogP contribution < -0.4 is 10.5 Å². The molecule has 0 aliphatic carbocycles. The summed E-state index contributed by atoms with van der Waals surface area (Å²) in [5.41, 5.74) is 10.2. The smallest absolute Gasteiger partial charge is 0.206 e. The average Bonchev–Trinajstić information content (AvgIpc) is 2.81. The van der Waals surface area contributed by atoms with Crippen LogP contribution in [0.4, 0.5) is 5.95 Å². The van der Waals surface area contributed by atoms with Crippen LogP contribution >= 0.6 is 0 Å². The molecule has 1 heterocycles. The van der Waals surface area contributed by atoms with Crippen LogP contribution in [0.25, 0.3) is 16.7 Å². The fourth-order valence-electron chi connectivity index (χ4n) is 2.39. The van der Waals surface area contributed by atoms with Crippen molar-refractivity contribution in [1.82, 2.24) is 9.55 Å². The number of nitrogen functional groups attached to an aromatic ring is 1. The maximum absolute atomic E-state index is 8.99. The summed E-state index contributed by atoms with van der Waals surface area (Å²) in [7, 11) is 1.57. The summed E-state index contributed by atoms with van der Waals surface area (Å²) < 4.78 is 7.21. The minimum atomic E-state index is 0.388. The molecule has 104 valence electrons. The Kier molecular flexibility index (Phi) is 2.99. The van der Waals surface area contributed by atoms with E-state index < -0.39 is 0 Å². The summed E-state index contributed by atoms with van der Waals surface area (Å²) in [4.78, 5) is 4.39. The molecule has 0 aliphatic rings. The first-order valence-electron chi connectivity index (χ1n) is 6.47. The first-order chi connectivity index (χ1) is 10.1. The fraction of sp³-hybridized carbons (Fsp3) is 0.125. The lowest BCUT2D eigenvalue weighted by Crippen LogP contribution is -2.03. The molecule has 1 aromatic heterocycles. The second kappa shape index (κ2) is 4.84. The van der Waals surface area contributed by atoms with Crippen molar-refractivity contribution in [2.45, 2.75) is 6.92 Å². The van der Waals surface area contributed by atoms with Gasteiger partial charge in [-0.15, -0.1) is 0 Å². The third-order valence-corrected chi connectivity index (χ3v) is 3.39. The van der Waals surface area contributed by atoms with Crippen molar-refractivity contribution in [2.24, 2.45) is 0 Å². The lowest BCUT2D eigenvalue weighted by molar-refractivity contribution is 0.413. The van der Waals surface area contributed by atoms with E-state index in [0.717, 1.165) is 22.3 Å². The highest BCUT2D eigenvalue weighted by atomic mass is 16.5. The Morgan fingerprint density at radius 1 is 1.24 bits per heavy atom. The number of ether oxygens (including phenoxy) is 1. The van der Waals surface area contributed by atoms with Crippen LogP contribution in [0.5, 0.6) is 5.75 Å². The predicted molar refractivity (Wildman–Crippen MR) is 81.5 cm³/mol. The van der Waals surface area contributed by atoms with Gasteiger partial charge in [0.2, 0.25) is 5.95 Å². The van der Waals surface area contributed by atoms with Crippen LogP contribution in [0.15, 0.2) is 36.4 Å². The van der Waals surface area contributed by atoms with Crippen LogP contribution in [0.1, 0.15) is 11.1 Å². The van der Waals surface area contributed by atoms with Gasteiger partial charge in [-0.25, -0.2) is 4.98 Å². The summed E-state index contributed by atoms with van der Waals surface area (Å²) in [6.07, 6.45) is 0. The number of hydrogen-bond acceptors (Lipinski definition) is 4. The van der Waals surface area contributed by atoms with Gasteiger partial charge in [-0.3, -0.25) is 4.57 Å². The van der Waals surface area contributed by atoms with Crippen molar-refractivity contribution in [2.75, 3.05) is 12.8 Å². The summed E-state index contributed by atoms with van der Waals surface area (Å²) in [5, 5.41) is 8.99. The SMILES string of the molecule is COc1cc(C#N)ccc1-n1c(N)nc2cc(C)ccc21. The first-order valence-corrected chi connectivity index (χ1v) is 6.47. The molecule has 5 heteroatoms. The molecule has 2 N–H and O–H groups in total. The van der Waals surface area contributed by atoms with Gasteiger partial charge in [0, 0.05) is 6.07 Å². The van der Waals surface area contributed by atoms with Crippen molar-refractivity contribution in [3.63, 3.8) is 0 Å². The number of imidazole rings is 1. The van der Waals surface area contributed by atoms with Crippen molar-refractivity contribution < 1.29 is 4.74 Å². The van der Waals surface area contributed by atoms with Gasteiger partial charge < -0.3 is 10.5 Å². The summed E-state index contributed by atoms with van der Waals surface area (Å²) in [6.45, 7) is 2.01. The van der Waals surface area contributed by atoms with E-state index in [9.17, 15) is 0 Å². The number of nitriles is 1. The lowest BCUT2D eigenvalue weighted by atomic mass is 10.2. The summed E-state index contributed by atoms with van der Waals surface area (Å²) in [5.74, 6) is 0.972. The highest BCUT2D eigenvalue weighted by molar-refractivity contribution is 5.82. The fourth-order valence-corrected chi connectivity index (χ4v) is 2.39. The van der Waals surface area contributed by atoms with Crippen LogP contribution in [0.2, 0.25) is 0 Å². The van der Waals surface area contributed by atoms with Gasteiger partial charge in [-0.05, 0) is 36.8 Å². The first kappa shape index (κ1) is 13.0. The second-order valence-corrected chi connectivity index (χ2v) is 4.80. The monoisotopic (exact) mass is 278 g/mol. The molecular weight excluding hydrogens is 264 g/mol. The van der Waals surface area contributed by atoms with E-state index in [-0.39, 0.29) is 0 Å². The van der Waals surface area contributed by atoms with Crippen molar-refractivity contribution in [3.05, 3.63) is 47.5 Å². The molecule has 0 fully saturated rings. The van der Waals surface area contributed by atoms with Crippen molar-refractivity contribution >= 4 is 17.0 Å². The maximum atomic E-state index is 8.99. The third-order valence-electron chi connectivity index (χ3n) is 3.39. The Balaban J connectivity index is 2.30. The predicted octanol–water partition coefficient (Wildman–Crippen LogP) is 2.80. The van der Waals surface area contributed by atoms with Crippen molar-refractivity contribution in [1.29, 1.82) is 5.26 Å². The van der Waals surface area contributed by atoms with Crippen molar-refractivity contribution in [3.8, 4) is 17.5 Å². The summed E-state index contributed by atoms with van der Waals surface area (Å²) in [6, 6.07) is 13.3. The molecule has 0 radical (unpaired) electrons. The Labute approximate surface area is 122 Å². The number of nitrogens with zero attached hydrogens (tertiary/aromatic N) is 3. The van der Waals surface area contributed by atoms with Gasteiger partial charge in [0.05, 0.1) is 35.5 Å². The molecular formula is C16H14N4O. The zero-order valence-electron chi connectivity index (χ0n) is 11.8. The Morgan fingerprint density at radius 2 is 2.05 bits per heavy atom. The molecule has 5 nitrogen and oxygen atoms in total. The molecule has 0 saturated heterocycles. The van der Waals surface area contributed by atoms with E-state index in [1.165, 1.54) is 0 Å². The van der Waals surface area contributed by atoms with E-state index in [1.54, 1.807) is 19.2 Å². The number of methoxy groups -OCH3 is 1. The highest BCUT2D eigenvalue weighted by Gasteiger charge is 2.14. The average molecular weight is 278 g/mol. The van der Waals surface area contributed by atoms with E-state index in [0.29, 0.717) is 17.3 Å². The van der Waals surface area contributed by atoms with Crippen LogP contribution in [0.3, 0.4) is 0 Å². The molecule has 0 bridgehead atoms. The zero-order chi connectivity index (χ0) is 15.0. The maximum Gasteiger partial charge on any atom is 0.206 e. The van der Waals surface area contributed by atoms with Gasteiger partial charge in [-0.1, -0.05) is 6.07 Å². The molecule has 3 rings (SSSR count). The van der Waals surface area contributed by atoms with Gasteiger partial charge in [0.1, 0.15) is 5.75 Å². The molecule has 2 aromatic carbocycles. The second-order valence-electron chi connectivity index (χ2n) is 4.80. The molecule has 0 spiro atoms. The quantitative estimate of drug-likeness (QED) is 0.782. The number of nitrogens with two attached hydrogens (primary N) is 1. The van der Waals surface area contributed by atoms with E-state index >= 15 is 0 Å². The number of rotatable bonds is 2. The molecule has 0 saturated carbocycles. The largest absolute Gasteiger partial charge is 0.495 e. The minimum Gasteiger partial charge on any atom is -0.495 e. The number of anilines is 1. The van der Waals surface area contributed by atoms with Crippen LogP contribution in [-0.2, 0) is 0 Å². The topological polar surface area (TPSA) is 76.9 Å². The molecule has 0 amide bonds. The minimum absolute atomic E-state index is 0.388. The Bertz CT molecular complexity index is 874. The summed E-state index contributed by atoms with van der Waals surface area (Å²) >= 11 is 0. The molecule has 0 unspecified atom stereocenters. The molecule has 21 heavy (non-hydrogen) atoms. The number of hydrogen-bond donors (Lipinski definition) is 1. The number of aromatic nitrogens is 2. The van der Waals surface area contributed by atoms with E-state index in [1.807, 2.05) is 35.8 Å². The van der Waals surface area contributed by atoms with Crippen LogP contribution in [-0.4, -0.2) is 16.7 Å². The van der Waals surface area contributed by atoms with Gasteiger partial charge in [0.25, 0.3) is 0 Å². The van der Waals surface area contributed by atoms with E-state index in [2.05, 4.69) is 11.1 Å². The molecule has 0 aliphatic heterocycles. The van der Waals surface area contributed by atoms with Gasteiger partial charge in [-0.2, -0.15) is 5.26 Å². The molecule has 3 aromatic rings. The van der Waals surface area contributed by atoms with E-state index in [4.69, 9.17) is 15.7 Å². The number of aryl methyl sites for hydroxylation is 1.